The molecule has 0 aromatic heterocycles. The van der Waals surface area contributed by atoms with Crippen LogP contribution < -0.4 is 4.72 Å². The van der Waals surface area contributed by atoms with Gasteiger partial charge >= 0.3 is 0 Å². The van der Waals surface area contributed by atoms with Gasteiger partial charge in [0, 0.05) is 6.54 Å². The van der Waals surface area contributed by atoms with Crippen LogP contribution in [0.4, 0.5) is 0 Å². The molecule has 0 aliphatic heterocycles. The number of aliphatic hydroxyl groups is 1. The maximum Gasteiger partial charge on any atom is 0.213 e. The van der Waals surface area contributed by atoms with E-state index in [2.05, 4.69) is 11.6 Å². The van der Waals surface area contributed by atoms with E-state index in [1.165, 1.54) is 6.42 Å². The van der Waals surface area contributed by atoms with Gasteiger partial charge in [0.05, 0.1) is 12.4 Å². The zero-order valence-corrected chi connectivity index (χ0v) is 9.39. The van der Waals surface area contributed by atoms with E-state index in [0.29, 0.717) is 12.5 Å². The Balaban J connectivity index is 2.26. The molecule has 1 fully saturated rings. The van der Waals surface area contributed by atoms with E-state index >= 15 is 0 Å². The molecule has 0 radical (unpaired) electrons. The fraction of sp³-hybridized carbons (Fsp3) is 1.00. The summed E-state index contributed by atoms with van der Waals surface area (Å²) >= 11 is 0. The quantitative estimate of drug-likeness (QED) is 0.703. The van der Waals surface area contributed by atoms with E-state index in [4.69, 9.17) is 5.11 Å². The number of sulfonamides is 1. The second-order valence-corrected chi connectivity index (χ2v) is 6.10. The van der Waals surface area contributed by atoms with Crippen molar-refractivity contribution in [2.75, 3.05) is 18.9 Å². The first kappa shape index (κ1) is 11.9. The van der Waals surface area contributed by atoms with Crippen molar-refractivity contribution < 1.29 is 13.5 Å². The highest BCUT2D eigenvalue weighted by atomic mass is 32.2. The van der Waals surface area contributed by atoms with Gasteiger partial charge in [0.15, 0.2) is 0 Å². The third-order valence-electron chi connectivity index (χ3n) is 2.76. The standard InChI is InChI=1S/C9H19NO3S/c1-8-2-3-9(6-8)7-10-14(12,13)5-4-11/h8-11H,2-7H2,1H3. The normalized spacial score (nSPS) is 28.1. The van der Waals surface area contributed by atoms with Gasteiger partial charge in [-0.3, -0.25) is 0 Å². The molecule has 1 aliphatic rings. The molecule has 5 heteroatoms. The number of nitrogens with one attached hydrogen (secondary N) is 1. The Kier molecular flexibility index (Phi) is 4.34. The van der Waals surface area contributed by atoms with Crippen molar-refractivity contribution in [1.29, 1.82) is 0 Å². The van der Waals surface area contributed by atoms with Crippen LogP contribution in [0.3, 0.4) is 0 Å². The van der Waals surface area contributed by atoms with Gasteiger partial charge in [0.1, 0.15) is 0 Å². The highest BCUT2D eigenvalue weighted by Gasteiger charge is 2.22. The van der Waals surface area contributed by atoms with Crippen LogP contribution in [0.5, 0.6) is 0 Å². The average Bonchev–Trinajstić information content (AvgIpc) is 2.48. The maximum absolute atomic E-state index is 11.2. The summed E-state index contributed by atoms with van der Waals surface area (Å²) in [4.78, 5) is 0. The third kappa shape index (κ3) is 3.94. The lowest BCUT2D eigenvalue weighted by molar-refractivity contribution is 0.319. The molecule has 4 nitrogen and oxygen atoms in total. The van der Waals surface area contributed by atoms with Gasteiger partial charge in [0.25, 0.3) is 0 Å². The van der Waals surface area contributed by atoms with Gasteiger partial charge < -0.3 is 5.11 Å². The van der Waals surface area contributed by atoms with Gasteiger partial charge in [-0.1, -0.05) is 13.3 Å². The Hall–Kier alpha value is -0.130. The molecule has 1 rings (SSSR count). The zero-order chi connectivity index (χ0) is 10.6. The minimum atomic E-state index is -3.24. The number of hydrogen-bond acceptors (Lipinski definition) is 3. The predicted octanol–water partition coefficient (Wildman–Crippen LogP) is 0.334. The topological polar surface area (TPSA) is 66.4 Å². The Labute approximate surface area is 85.8 Å². The molecule has 0 aromatic rings. The van der Waals surface area contributed by atoms with Gasteiger partial charge in [-0.2, -0.15) is 0 Å². The number of hydrogen-bond donors (Lipinski definition) is 2. The molecule has 2 unspecified atom stereocenters. The Morgan fingerprint density at radius 1 is 1.43 bits per heavy atom. The van der Waals surface area contributed by atoms with Crippen molar-refractivity contribution >= 4 is 10.0 Å². The molecule has 2 N–H and O–H groups in total. The van der Waals surface area contributed by atoms with Crippen molar-refractivity contribution in [1.82, 2.24) is 4.72 Å². The van der Waals surface area contributed by atoms with E-state index in [0.717, 1.165) is 18.8 Å². The molecule has 0 aromatic carbocycles. The average molecular weight is 221 g/mol. The highest BCUT2D eigenvalue weighted by molar-refractivity contribution is 7.89. The van der Waals surface area contributed by atoms with E-state index < -0.39 is 10.0 Å². The van der Waals surface area contributed by atoms with Crippen LogP contribution in [-0.4, -0.2) is 32.4 Å². The van der Waals surface area contributed by atoms with E-state index in [-0.39, 0.29) is 12.4 Å². The summed E-state index contributed by atoms with van der Waals surface area (Å²) in [5.41, 5.74) is 0. The van der Waals surface area contributed by atoms with E-state index in [1.54, 1.807) is 0 Å². The van der Waals surface area contributed by atoms with Crippen LogP contribution in [0.15, 0.2) is 0 Å². The van der Waals surface area contributed by atoms with Gasteiger partial charge in [-0.25, -0.2) is 13.1 Å². The molecule has 2 atom stereocenters. The minimum Gasteiger partial charge on any atom is -0.395 e. The van der Waals surface area contributed by atoms with Gasteiger partial charge in [0.2, 0.25) is 10.0 Å². The summed E-state index contributed by atoms with van der Waals surface area (Å²) in [5, 5.41) is 8.52. The fourth-order valence-electron chi connectivity index (χ4n) is 1.95. The lowest BCUT2D eigenvalue weighted by Crippen LogP contribution is -2.31. The molecular weight excluding hydrogens is 202 g/mol. The van der Waals surface area contributed by atoms with E-state index in [1.807, 2.05) is 0 Å². The lowest BCUT2D eigenvalue weighted by Gasteiger charge is -2.10. The van der Waals surface area contributed by atoms with Crippen LogP contribution in [0, 0.1) is 11.8 Å². The Morgan fingerprint density at radius 3 is 2.64 bits per heavy atom. The van der Waals surface area contributed by atoms with Crippen LogP contribution in [0.1, 0.15) is 26.2 Å². The smallest absolute Gasteiger partial charge is 0.213 e. The summed E-state index contributed by atoms with van der Waals surface area (Å²) in [6, 6.07) is 0. The summed E-state index contributed by atoms with van der Waals surface area (Å²) in [6.45, 7) is 2.42. The SMILES string of the molecule is CC1CCC(CNS(=O)(=O)CCO)C1. The molecule has 0 spiro atoms. The number of rotatable bonds is 5. The van der Waals surface area contributed by atoms with E-state index in [9.17, 15) is 8.42 Å². The van der Waals surface area contributed by atoms with Gasteiger partial charge in [-0.05, 0) is 24.7 Å². The summed E-state index contributed by atoms with van der Waals surface area (Å²) in [6.07, 6.45) is 3.43. The molecule has 1 saturated carbocycles. The molecular formula is C9H19NO3S. The molecule has 14 heavy (non-hydrogen) atoms. The molecule has 0 amide bonds. The minimum absolute atomic E-state index is 0.185. The largest absolute Gasteiger partial charge is 0.395 e. The number of aliphatic hydroxyl groups excluding tert-OH is 1. The molecule has 0 saturated heterocycles. The van der Waals surface area contributed by atoms with Crippen LogP contribution in [-0.2, 0) is 10.0 Å². The first-order valence-electron chi connectivity index (χ1n) is 5.11. The molecule has 84 valence electrons. The summed E-state index contributed by atoms with van der Waals surface area (Å²) < 4.78 is 24.9. The Morgan fingerprint density at radius 2 is 2.14 bits per heavy atom. The second kappa shape index (κ2) is 5.09. The first-order chi connectivity index (χ1) is 6.53. The monoisotopic (exact) mass is 221 g/mol. The molecule has 0 heterocycles. The summed E-state index contributed by atoms with van der Waals surface area (Å²) in [5.74, 6) is 1.02. The molecule has 0 bridgehead atoms. The van der Waals surface area contributed by atoms with Crippen molar-refractivity contribution in [2.45, 2.75) is 26.2 Å². The lowest BCUT2D eigenvalue weighted by atomic mass is 10.1. The van der Waals surface area contributed by atoms with Crippen molar-refractivity contribution in [3.05, 3.63) is 0 Å². The fourth-order valence-corrected chi connectivity index (χ4v) is 2.82. The highest BCUT2D eigenvalue weighted by Crippen LogP contribution is 2.29. The first-order valence-corrected chi connectivity index (χ1v) is 6.77. The zero-order valence-electron chi connectivity index (χ0n) is 8.57. The summed E-state index contributed by atoms with van der Waals surface area (Å²) in [7, 11) is -3.24. The van der Waals surface area contributed by atoms with Gasteiger partial charge in [-0.15, -0.1) is 0 Å². The maximum atomic E-state index is 11.2. The second-order valence-electron chi connectivity index (χ2n) is 4.18. The van der Waals surface area contributed by atoms with Crippen molar-refractivity contribution in [3.63, 3.8) is 0 Å². The van der Waals surface area contributed by atoms with Crippen molar-refractivity contribution in [3.8, 4) is 0 Å². The predicted molar refractivity (Wildman–Crippen MR) is 55.4 cm³/mol. The van der Waals surface area contributed by atoms with Crippen LogP contribution >= 0.6 is 0 Å². The third-order valence-corrected chi connectivity index (χ3v) is 4.08. The Bertz CT molecular complexity index is 263. The van der Waals surface area contributed by atoms with Crippen LogP contribution in [0.25, 0.3) is 0 Å². The van der Waals surface area contributed by atoms with Crippen LogP contribution in [0.2, 0.25) is 0 Å². The molecule has 1 aliphatic carbocycles. The van der Waals surface area contributed by atoms with Crippen molar-refractivity contribution in [2.24, 2.45) is 11.8 Å².